The molecule has 0 amide bonds. The molecule has 1 aromatic heterocycles. The van der Waals surface area contributed by atoms with E-state index in [0.717, 1.165) is 6.54 Å². The quantitative estimate of drug-likeness (QED) is 0.837. The lowest BCUT2D eigenvalue weighted by Crippen LogP contribution is -2.29. The van der Waals surface area contributed by atoms with Gasteiger partial charge in [0.05, 0.1) is 11.7 Å². The summed E-state index contributed by atoms with van der Waals surface area (Å²) in [5.41, 5.74) is 1.19. The average molecular weight is 259 g/mol. The molecule has 0 radical (unpaired) electrons. The molecule has 19 heavy (non-hydrogen) atoms. The van der Waals surface area contributed by atoms with Gasteiger partial charge in [0.2, 0.25) is 0 Å². The molecule has 1 saturated carbocycles. The van der Waals surface area contributed by atoms with Crippen LogP contribution in [0.15, 0.2) is 24.4 Å². The van der Waals surface area contributed by atoms with Crippen LogP contribution in [0.5, 0.6) is 0 Å². The highest BCUT2D eigenvalue weighted by molar-refractivity contribution is 5.01. The molecule has 1 aromatic rings. The van der Waals surface area contributed by atoms with Crippen LogP contribution in [0.25, 0.3) is 0 Å². The van der Waals surface area contributed by atoms with Gasteiger partial charge in [-0.15, -0.1) is 0 Å². The highest BCUT2D eigenvalue weighted by atomic mass is 15.3. The topological polar surface area (TPSA) is 29.9 Å². The van der Waals surface area contributed by atoms with Crippen LogP contribution >= 0.6 is 0 Å². The Morgan fingerprint density at radius 2 is 2.05 bits per heavy atom. The largest absolute Gasteiger partial charge is 0.308 e. The van der Waals surface area contributed by atoms with Crippen LogP contribution in [0.2, 0.25) is 0 Å². The molecule has 0 aliphatic heterocycles. The van der Waals surface area contributed by atoms with Gasteiger partial charge in [-0.1, -0.05) is 31.4 Å². The minimum atomic E-state index is 0.643. The van der Waals surface area contributed by atoms with E-state index in [9.17, 15) is 0 Å². The van der Waals surface area contributed by atoms with Crippen molar-refractivity contribution in [2.75, 3.05) is 0 Å². The second kappa shape index (κ2) is 6.38. The number of nitrogens with one attached hydrogen (secondary N) is 1. The Bertz CT molecular complexity index is 415. The third-order valence-corrected chi connectivity index (χ3v) is 4.45. The number of aromatic nitrogens is 2. The van der Waals surface area contributed by atoms with Crippen LogP contribution in [0.3, 0.4) is 0 Å². The third kappa shape index (κ3) is 3.47. The summed E-state index contributed by atoms with van der Waals surface area (Å²) in [5.74, 6) is 0. The molecule has 0 aromatic carbocycles. The Hall–Kier alpha value is -1.09. The van der Waals surface area contributed by atoms with E-state index in [0.29, 0.717) is 12.1 Å². The van der Waals surface area contributed by atoms with E-state index in [-0.39, 0.29) is 0 Å². The lowest BCUT2D eigenvalue weighted by Gasteiger charge is -2.22. The van der Waals surface area contributed by atoms with Crippen molar-refractivity contribution in [3.8, 4) is 0 Å². The summed E-state index contributed by atoms with van der Waals surface area (Å²) in [4.78, 5) is 0. The van der Waals surface area contributed by atoms with Crippen LogP contribution in [-0.2, 0) is 6.54 Å². The molecule has 1 N–H and O–H groups in total. The van der Waals surface area contributed by atoms with Gasteiger partial charge in [-0.25, -0.2) is 0 Å². The molecule has 1 fully saturated rings. The molecule has 3 heteroatoms. The third-order valence-electron chi connectivity index (χ3n) is 4.45. The molecule has 0 spiro atoms. The van der Waals surface area contributed by atoms with E-state index in [2.05, 4.69) is 34.4 Å². The summed E-state index contributed by atoms with van der Waals surface area (Å²) in [6, 6.07) is 3.48. The summed E-state index contributed by atoms with van der Waals surface area (Å²) < 4.78 is 2.21. The lowest BCUT2D eigenvalue weighted by atomic mass is 9.96. The molecule has 1 heterocycles. The first-order valence-electron chi connectivity index (χ1n) is 7.84. The number of hydrogen-bond acceptors (Lipinski definition) is 2. The van der Waals surface area contributed by atoms with Crippen molar-refractivity contribution in [2.45, 2.75) is 70.0 Å². The predicted molar refractivity (Wildman–Crippen MR) is 78.0 cm³/mol. The minimum absolute atomic E-state index is 0.643. The first kappa shape index (κ1) is 12.9. The van der Waals surface area contributed by atoms with Crippen molar-refractivity contribution in [1.82, 2.24) is 15.1 Å². The van der Waals surface area contributed by atoms with Gasteiger partial charge >= 0.3 is 0 Å². The zero-order chi connectivity index (χ0) is 12.9. The zero-order valence-corrected chi connectivity index (χ0v) is 11.7. The first-order valence-corrected chi connectivity index (χ1v) is 7.84. The summed E-state index contributed by atoms with van der Waals surface area (Å²) in [5, 5.41) is 8.38. The first-order chi connectivity index (χ1) is 9.42. The smallest absolute Gasteiger partial charge is 0.0762 e. The molecular formula is C16H25N3. The maximum absolute atomic E-state index is 4.75. The standard InChI is InChI=1S/C16H25N3/c1-3-7-14(8-4-1)17-13-15-11-12-19(18-15)16-9-5-2-6-10-16/h1,3,11-12,14,16-17H,2,4-10,13H2. The van der Waals surface area contributed by atoms with Crippen LogP contribution < -0.4 is 5.32 Å². The molecule has 1 atom stereocenters. The van der Waals surface area contributed by atoms with Gasteiger partial charge in [0.25, 0.3) is 0 Å². The van der Waals surface area contributed by atoms with Crippen LogP contribution in [0.4, 0.5) is 0 Å². The predicted octanol–water partition coefficient (Wildman–Crippen LogP) is 3.59. The van der Waals surface area contributed by atoms with Gasteiger partial charge in [-0.2, -0.15) is 5.10 Å². The van der Waals surface area contributed by atoms with Crippen LogP contribution in [0, 0.1) is 0 Å². The average Bonchev–Trinajstić information content (AvgIpc) is 2.96. The molecular weight excluding hydrogens is 234 g/mol. The van der Waals surface area contributed by atoms with Crippen molar-refractivity contribution in [1.29, 1.82) is 0 Å². The van der Waals surface area contributed by atoms with Crippen LogP contribution in [0.1, 0.15) is 63.1 Å². The Kier molecular flexibility index (Phi) is 4.34. The Balaban J connectivity index is 1.51. The Morgan fingerprint density at radius 3 is 2.84 bits per heavy atom. The highest BCUT2D eigenvalue weighted by Gasteiger charge is 2.16. The minimum Gasteiger partial charge on any atom is -0.308 e. The number of nitrogens with zero attached hydrogens (tertiary/aromatic N) is 2. The molecule has 2 aliphatic carbocycles. The molecule has 0 saturated heterocycles. The maximum atomic E-state index is 4.75. The summed E-state index contributed by atoms with van der Waals surface area (Å²) >= 11 is 0. The van der Waals surface area contributed by atoms with Crippen molar-refractivity contribution in [3.05, 3.63) is 30.1 Å². The van der Waals surface area contributed by atoms with Gasteiger partial charge in [-0.3, -0.25) is 4.68 Å². The monoisotopic (exact) mass is 259 g/mol. The SMILES string of the molecule is C1=CCC(NCc2ccn(C3CCCCC3)n2)CC1. The van der Waals surface area contributed by atoms with Gasteiger partial charge < -0.3 is 5.32 Å². The second-order valence-corrected chi connectivity index (χ2v) is 5.94. The highest BCUT2D eigenvalue weighted by Crippen LogP contribution is 2.27. The Morgan fingerprint density at radius 1 is 1.16 bits per heavy atom. The van der Waals surface area contributed by atoms with E-state index < -0.39 is 0 Å². The van der Waals surface area contributed by atoms with Gasteiger partial charge in [0, 0.05) is 18.8 Å². The van der Waals surface area contributed by atoms with Gasteiger partial charge in [0.1, 0.15) is 0 Å². The van der Waals surface area contributed by atoms with E-state index in [1.807, 2.05) is 0 Å². The van der Waals surface area contributed by atoms with Crippen molar-refractivity contribution < 1.29 is 0 Å². The van der Waals surface area contributed by atoms with Gasteiger partial charge in [0.15, 0.2) is 0 Å². The summed E-state index contributed by atoms with van der Waals surface area (Å²) in [7, 11) is 0. The van der Waals surface area contributed by atoms with Crippen LogP contribution in [-0.4, -0.2) is 15.8 Å². The van der Waals surface area contributed by atoms with Gasteiger partial charge in [-0.05, 0) is 38.2 Å². The molecule has 3 nitrogen and oxygen atoms in total. The zero-order valence-electron chi connectivity index (χ0n) is 11.7. The second-order valence-electron chi connectivity index (χ2n) is 5.94. The maximum Gasteiger partial charge on any atom is 0.0762 e. The van der Waals surface area contributed by atoms with E-state index >= 15 is 0 Å². The molecule has 1 unspecified atom stereocenters. The number of allylic oxidation sites excluding steroid dienone is 1. The fraction of sp³-hybridized carbons (Fsp3) is 0.688. The van der Waals surface area contributed by atoms with E-state index in [1.54, 1.807) is 0 Å². The molecule has 104 valence electrons. The summed E-state index contributed by atoms with van der Waals surface area (Å²) in [6.07, 6.45) is 17.2. The molecule has 3 rings (SSSR count). The molecule has 0 bridgehead atoms. The van der Waals surface area contributed by atoms with Crippen molar-refractivity contribution >= 4 is 0 Å². The normalized spacial score (nSPS) is 24.7. The molecule has 2 aliphatic rings. The summed E-state index contributed by atoms with van der Waals surface area (Å²) in [6.45, 7) is 0.915. The van der Waals surface area contributed by atoms with E-state index in [1.165, 1.54) is 57.1 Å². The Labute approximate surface area is 116 Å². The number of rotatable bonds is 4. The number of hydrogen-bond donors (Lipinski definition) is 1. The lowest BCUT2D eigenvalue weighted by molar-refractivity contribution is 0.327. The van der Waals surface area contributed by atoms with E-state index in [4.69, 9.17) is 5.10 Å². The fourth-order valence-corrected chi connectivity index (χ4v) is 3.25. The van der Waals surface area contributed by atoms with Crippen molar-refractivity contribution in [2.24, 2.45) is 0 Å². The van der Waals surface area contributed by atoms with Crippen molar-refractivity contribution in [3.63, 3.8) is 0 Å². The fourth-order valence-electron chi connectivity index (χ4n) is 3.25.